The van der Waals surface area contributed by atoms with E-state index in [1.807, 2.05) is 6.07 Å². The molecule has 10 heteroatoms. The van der Waals surface area contributed by atoms with Gasteiger partial charge in [-0.1, -0.05) is 22.0 Å². The topological polar surface area (TPSA) is 92.8 Å². The van der Waals surface area contributed by atoms with Gasteiger partial charge in [0.05, 0.1) is 12.7 Å². The number of halogens is 2. The first-order valence-corrected chi connectivity index (χ1v) is 13.8. The highest BCUT2D eigenvalue weighted by atomic mass is 79.9. The van der Waals surface area contributed by atoms with Crippen LogP contribution in [0.5, 0.6) is 0 Å². The molecule has 1 N–H and O–H groups in total. The largest absolute Gasteiger partial charge is 0.465 e. The van der Waals surface area contributed by atoms with Crippen molar-refractivity contribution in [2.24, 2.45) is 0 Å². The summed E-state index contributed by atoms with van der Waals surface area (Å²) in [6.45, 7) is 0.955. The van der Waals surface area contributed by atoms with Gasteiger partial charge in [0, 0.05) is 33.3 Å². The van der Waals surface area contributed by atoms with Gasteiger partial charge in [0.25, 0.3) is 15.9 Å². The van der Waals surface area contributed by atoms with Crippen molar-refractivity contribution in [3.05, 3.63) is 91.9 Å². The lowest BCUT2D eigenvalue weighted by atomic mass is 10.0. The van der Waals surface area contributed by atoms with Gasteiger partial charge in [-0.25, -0.2) is 13.2 Å². The van der Waals surface area contributed by atoms with Gasteiger partial charge in [0.1, 0.15) is 4.90 Å². The van der Waals surface area contributed by atoms with E-state index in [1.54, 1.807) is 53.4 Å². The number of amides is 1. The third kappa shape index (κ3) is 5.76. The molecule has 182 valence electrons. The Labute approximate surface area is 220 Å². The molecular formula is C25H22Br2N2O5S. The molecule has 1 aliphatic rings. The van der Waals surface area contributed by atoms with E-state index in [2.05, 4.69) is 36.6 Å². The van der Waals surface area contributed by atoms with Crippen LogP contribution in [0, 0.1) is 0 Å². The Balaban J connectivity index is 1.51. The first-order valence-electron chi connectivity index (χ1n) is 10.8. The van der Waals surface area contributed by atoms with Crippen LogP contribution in [0.3, 0.4) is 0 Å². The molecule has 0 atom stereocenters. The van der Waals surface area contributed by atoms with Gasteiger partial charge in [0.2, 0.25) is 0 Å². The molecule has 35 heavy (non-hydrogen) atoms. The van der Waals surface area contributed by atoms with Crippen LogP contribution in [-0.2, 0) is 27.7 Å². The molecule has 3 aromatic rings. The number of methoxy groups -OCH3 is 1. The molecule has 4 rings (SSSR count). The van der Waals surface area contributed by atoms with Crippen LogP contribution < -0.4 is 4.72 Å². The van der Waals surface area contributed by atoms with Crippen molar-refractivity contribution in [1.82, 2.24) is 4.90 Å². The van der Waals surface area contributed by atoms with E-state index < -0.39 is 16.0 Å². The minimum Gasteiger partial charge on any atom is -0.465 e. The maximum Gasteiger partial charge on any atom is 0.337 e. The van der Waals surface area contributed by atoms with E-state index in [0.717, 1.165) is 24.0 Å². The number of sulfonamides is 1. The summed E-state index contributed by atoms with van der Waals surface area (Å²) in [5.74, 6) is -0.576. The molecule has 0 saturated heterocycles. The molecule has 0 aromatic heterocycles. The number of aryl methyl sites for hydroxylation is 1. The number of anilines is 1. The Morgan fingerprint density at radius 1 is 0.943 bits per heavy atom. The number of carbonyl (C=O) groups excluding carboxylic acids is 2. The average molecular weight is 622 g/mol. The van der Waals surface area contributed by atoms with Crippen LogP contribution in [0.1, 0.15) is 38.3 Å². The molecule has 0 saturated carbocycles. The molecule has 0 bridgehead atoms. The molecule has 0 unspecified atom stereocenters. The quantitative estimate of drug-likeness (QED) is 0.386. The number of hydrogen-bond acceptors (Lipinski definition) is 5. The predicted molar refractivity (Wildman–Crippen MR) is 140 cm³/mol. The van der Waals surface area contributed by atoms with E-state index in [4.69, 9.17) is 4.74 Å². The predicted octanol–water partition coefficient (Wildman–Crippen LogP) is 5.39. The lowest BCUT2D eigenvalue weighted by Gasteiger charge is -2.21. The molecule has 1 amide bonds. The first kappa shape index (κ1) is 25.4. The summed E-state index contributed by atoms with van der Waals surface area (Å²) in [4.78, 5) is 27.0. The van der Waals surface area contributed by atoms with Crippen molar-refractivity contribution in [2.75, 3.05) is 18.4 Å². The molecule has 0 fully saturated rings. The minimum atomic E-state index is -3.83. The van der Waals surface area contributed by atoms with Gasteiger partial charge >= 0.3 is 5.97 Å². The second kappa shape index (κ2) is 10.5. The van der Waals surface area contributed by atoms with Crippen molar-refractivity contribution < 1.29 is 22.7 Å². The summed E-state index contributed by atoms with van der Waals surface area (Å²) in [5, 5.41) is 0. The number of nitrogens with one attached hydrogen (secondary N) is 1. The Bertz CT molecular complexity index is 1390. The van der Waals surface area contributed by atoms with Crippen LogP contribution in [-0.4, -0.2) is 38.8 Å². The van der Waals surface area contributed by atoms with E-state index in [9.17, 15) is 18.0 Å². The highest BCUT2D eigenvalue weighted by Crippen LogP contribution is 2.28. The van der Waals surface area contributed by atoms with E-state index >= 15 is 0 Å². The summed E-state index contributed by atoms with van der Waals surface area (Å²) in [6, 6.07) is 16.7. The number of hydrogen-bond donors (Lipinski definition) is 1. The van der Waals surface area contributed by atoms with Crippen molar-refractivity contribution in [3.8, 4) is 0 Å². The van der Waals surface area contributed by atoms with Crippen LogP contribution in [0.4, 0.5) is 5.69 Å². The summed E-state index contributed by atoms with van der Waals surface area (Å²) in [5.41, 5.74) is 3.27. The van der Waals surface area contributed by atoms with E-state index in [0.29, 0.717) is 38.8 Å². The Kier molecular flexibility index (Phi) is 7.63. The van der Waals surface area contributed by atoms with E-state index in [1.165, 1.54) is 13.2 Å². The second-order valence-electron chi connectivity index (χ2n) is 8.06. The van der Waals surface area contributed by atoms with Gasteiger partial charge in [-0.3, -0.25) is 9.52 Å². The fourth-order valence-corrected chi connectivity index (χ4v) is 6.50. The molecule has 3 aromatic carbocycles. The van der Waals surface area contributed by atoms with Gasteiger partial charge < -0.3 is 9.64 Å². The Morgan fingerprint density at radius 3 is 2.37 bits per heavy atom. The number of carbonyl (C=O) groups is 2. The maximum atomic E-state index is 13.2. The standard InChI is InChI=1S/C25H22Br2N2O5S/c1-34-25(31)18-5-4-16-3-2-12-29(15-19(16)13-18)24(30)17-6-9-21(10-7-17)28-35(32,33)23-14-20(26)8-11-22(23)27/h4-11,13-14,28H,2-3,12,15H2,1H3. The molecule has 1 aliphatic heterocycles. The van der Waals surface area contributed by atoms with Gasteiger partial charge in [0.15, 0.2) is 0 Å². The minimum absolute atomic E-state index is 0.0987. The average Bonchev–Trinajstić information content (AvgIpc) is 3.06. The molecule has 0 spiro atoms. The van der Waals surface area contributed by atoms with Gasteiger partial charge in [-0.15, -0.1) is 0 Å². The number of fused-ring (bicyclic) bond motifs is 1. The number of benzene rings is 3. The number of nitrogens with zero attached hydrogens (tertiary/aromatic N) is 1. The van der Waals surface area contributed by atoms with Crippen LogP contribution >= 0.6 is 31.9 Å². The first-order chi connectivity index (χ1) is 16.7. The van der Waals surface area contributed by atoms with Gasteiger partial charge in [-0.2, -0.15) is 0 Å². The zero-order valence-electron chi connectivity index (χ0n) is 18.8. The fourth-order valence-electron chi connectivity index (χ4n) is 3.94. The molecule has 7 nitrogen and oxygen atoms in total. The van der Waals surface area contributed by atoms with Crippen molar-refractivity contribution in [1.29, 1.82) is 0 Å². The van der Waals surface area contributed by atoms with Crippen molar-refractivity contribution in [2.45, 2.75) is 24.3 Å². The highest BCUT2D eigenvalue weighted by Gasteiger charge is 2.22. The summed E-state index contributed by atoms with van der Waals surface area (Å²) < 4.78 is 34.1. The third-order valence-corrected chi connectivity index (χ3v) is 8.59. The lowest BCUT2D eigenvalue weighted by Crippen LogP contribution is -2.30. The Hall–Kier alpha value is -2.69. The Morgan fingerprint density at radius 2 is 1.66 bits per heavy atom. The second-order valence-corrected chi connectivity index (χ2v) is 11.5. The van der Waals surface area contributed by atoms with E-state index in [-0.39, 0.29) is 10.8 Å². The monoisotopic (exact) mass is 620 g/mol. The molecular weight excluding hydrogens is 600 g/mol. The van der Waals surface area contributed by atoms with Gasteiger partial charge in [-0.05, 0) is 94.5 Å². The SMILES string of the molecule is COC(=O)c1ccc2c(c1)CN(C(=O)c1ccc(NS(=O)(=O)c3cc(Br)ccc3Br)cc1)CCC2. The normalized spacial score (nSPS) is 13.5. The molecule has 0 radical (unpaired) electrons. The number of esters is 1. The zero-order chi connectivity index (χ0) is 25.2. The number of rotatable bonds is 5. The van der Waals surface area contributed by atoms with Crippen LogP contribution in [0.15, 0.2) is 74.5 Å². The summed E-state index contributed by atoms with van der Waals surface area (Å²) >= 11 is 6.56. The van der Waals surface area contributed by atoms with Crippen LogP contribution in [0.25, 0.3) is 0 Å². The molecule has 1 heterocycles. The molecule has 0 aliphatic carbocycles. The number of ether oxygens (including phenoxy) is 1. The zero-order valence-corrected chi connectivity index (χ0v) is 22.7. The van der Waals surface area contributed by atoms with Crippen molar-refractivity contribution >= 4 is 59.4 Å². The summed E-state index contributed by atoms with van der Waals surface area (Å²) in [7, 11) is -2.49. The van der Waals surface area contributed by atoms with Crippen molar-refractivity contribution in [3.63, 3.8) is 0 Å². The van der Waals surface area contributed by atoms with Crippen LogP contribution in [0.2, 0.25) is 0 Å². The third-order valence-electron chi connectivity index (χ3n) is 5.72. The highest BCUT2D eigenvalue weighted by molar-refractivity contribution is 9.11. The smallest absolute Gasteiger partial charge is 0.337 e. The summed E-state index contributed by atoms with van der Waals surface area (Å²) in [6.07, 6.45) is 1.61. The maximum absolute atomic E-state index is 13.2. The fraction of sp³-hybridized carbons (Fsp3) is 0.200. The lowest BCUT2D eigenvalue weighted by molar-refractivity contribution is 0.0600.